The number of sulfonamides is 1. The average Bonchev–Trinajstić information content (AvgIpc) is 3.18. The van der Waals surface area contributed by atoms with Crippen molar-refractivity contribution in [2.45, 2.75) is 31.2 Å². The first kappa shape index (κ1) is 19.2. The van der Waals surface area contributed by atoms with E-state index in [0.29, 0.717) is 24.2 Å². The Hall–Kier alpha value is -2.52. The fourth-order valence-corrected chi connectivity index (χ4v) is 4.70. The maximum Gasteiger partial charge on any atom is 0.270 e. The van der Waals surface area contributed by atoms with Crippen LogP contribution in [0.15, 0.2) is 41.3 Å². The fourth-order valence-electron chi connectivity index (χ4n) is 3.00. The van der Waals surface area contributed by atoms with Crippen molar-refractivity contribution >= 4 is 21.4 Å². The van der Waals surface area contributed by atoms with Crippen LogP contribution in [0.3, 0.4) is 0 Å². The Kier molecular flexibility index (Phi) is 5.43. The summed E-state index contributed by atoms with van der Waals surface area (Å²) in [5.41, 5.74) is 1.13. The number of hydrogen-bond acceptors (Lipinski definition) is 5. The summed E-state index contributed by atoms with van der Waals surface area (Å²) in [5.74, 6) is -0.345. The molecule has 0 bridgehead atoms. The third-order valence-corrected chi connectivity index (χ3v) is 6.52. The topological polar surface area (TPSA) is 92.5 Å². The standard InChI is InChI=1S/C18H20FN3O4S/c1-13-4-5-14(10-16(13)19)12-20-17-7-6-15(22(23)24)11-18(17)27(25,26)21-8-2-3-9-21/h4-7,10-11,20H,2-3,8-9,12H2,1H3. The van der Waals surface area contributed by atoms with Crippen LogP contribution in [-0.4, -0.2) is 30.7 Å². The molecule has 27 heavy (non-hydrogen) atoms. The number of halogens is 1. The summed E-state index contributed by atoms with van der Waals surface area (Å²) in [5, 5.41) is 14.1. The van der Waals surface area contributed by atoms with Crippen LogP contribution in [0.5, 0.6) is 0 Å². The number of nitrogens with zero attached hydrogens (tertiary/aromatic N) is 2. The highest BCUT2D eigenvalue weighted by Gasteiger charge is 2.30. The van der Waals surface area contributed by atoms with Gasteiger partial charge < -0.3 is 5.32 Å². The number of hydrogen-bond donors (Lipinski definition) is 1. The molecule has 1 saturated heterocycles. The van der Waals surface area contributed by atoms with E-state index in [1.807, 2.05) is 0 Å². The number of nitrogens with one attached hydrogen (secondary N) is 1. The molecular formula is C18H20FN3O4S. The molecule has 0 saturated carbocycles. The van der Waals surface area contributed by atoms with Crippen molar-refractivity contribution in [1.82, 2.24) is 4.31 Å². The van der Waals surface area contributed by atoms with Crippen molar-refractivity contribution in [1.29, 1.82) is 0 Å². The van der Waals surface area contributed by atoms with Crippen LogP contribution in [0.2, 0.25) is 0 Å². The number of rotatable bonds is 6. The van der Waals surface area contributed by atoms with E-state index in [0.717, 1.165) is 18.9 Å². The molecule has 1 fully saturated rings. The highest BCUT2D eigenvalue weighted by atomic mass is 32.2. The summed E-state index contributed by atoms with van der Waals surface area (Å²) in [6.45, 7) is 2.64. The number of non-ortho nitro benzene ring substituents is 1. The van der Waals surface area contributed by atoms with Crippen molar-refractivity contribution in [3.63, 3.8) is 0 Å². The Balaban J connectivity index is 1.94. The van der Waals surface area contributed by atoms with Crippen molar-refractivity contribution in [3.05, 3.63) is 63.5 Å². The van der Waals surface area contributed by atoms with E-state index in [2.05, 4.69) is 5.32 Å². The summed E-state index contributed by atoms with van der Waals surface area (Å²) >= 11 is 0. The van der Waals surface area contributed by atoms with E-state index < -0.39 is 14.9 Å². The molecule has 0 unspecified atom stereocenters. The molecule has 1 heterocycles. The Morgan fingerprint density at radius 3 is 2.52 bits per heavy atom. The second kappa shape index (κ2) is 7.61. The monoisotopic (exact) mass is 393 g/mol. The van der Waals surface area contributed by atoms with Gasteiger partial charge in [0.2, 0.25) is 10.0 Å². The molecule has 0 aliphatic carbocycles. The zero-order valence-corrected chi connectivity index (χ0v) is 15.6. The van der Waals surface area contributed by atoms with Gasteiger partial charge >= 0.3 is 0 Å². The lowest BCUT2D eigenvalue weighted by atomic mass is 10.1. The lowest BCUT2D eigenvalue weighted by molar-refractivity contribution is -0.385. The molecule has 0 amide bonds. The Labute approximate surface area is 157 Å². The van der Waals surface area contributed by atoms with Gasteiger partial charge in [-0.15, -0.1) is 0 Å². The molecule has 7 nitrogen and oxygen atoms in total. The summed E-state index contributed by atoms with van der Waals surface area (Å²) in [6, 6.07) is 8.47. The molecule has 2 aromatic carbocycles. The van der Waals surface area contributed by atoms with Crippen LogP contribution >= 0.6 is 0 Å². The van der Waals surface area contributed by atoms with Gasteiger partial charge in [0.15, 0.2) is 0 Å². The van der Waals surface area contributed by atoms with E-state index in [1.54, 1.807) is 19.1 Å². The first-order valence-electron chi connectivity index (χ1n) is 8.56. The van der Waals surface area contributed by atoms with Crippen LogP contribution in [0, 0.1) is 22.9 Å². The second-order valence-corrected chi connectivity index (χ2v) is 8.39. The Bertz CT molecular complexity index is 973. The van der Waals surface area contributed by atoms with Crippen LogP contribution in [-0.2, 0) is 16.6 Å². The van der Waals surface area contributed by atoms with Crippen LogP contribution in [0.25, 0.3) is 0 Å². The highest BCUT2D eigenvalue weighted by Crippen LogP contribution is 2.31. The van der Waals surface area contributed by atoms with Gasteiger partial charge in [-0.05, 0) is 43.0 Å². The van der Waals surface area contributed by atoms with Crippen molar-refractivity contribution in [2.75, 3.05) is 18.4 Å². The summed E-state index contributed by atoms with van der Waals surface area (Å²) < 4.78 is 40.9. The molecule has 0 spiro atoms. The third-order valence-electron chi connectivity index (χ3n) is 4.58. The molecule has 144 valence electrons. The minimum atomic E-state index is -3.85. The van der Waals surface area contributed by atoms with Gasteiger partial charge in [0.05, 0.1) is 10.6 Å². The van der Waals surface area contributed by atoms with Crippen molar-refractivity contribution in [2.24, 2.45) is 0 Å². The largest absolute Gasteiger partial charge is 0.380 e. The van der Waals surface area contributed by atoms with E-state index in [-0.39, 0.29) is 28.6 Å². The highest BCUT2D eigenvalue weighted by molar-refractivity contribution is 7.89. The van der Waals surface area contributed by atoms with E-state index in [9.17, 15) is 22.9 Å². The zero-order chi connectivity index (χ0) is 19.6. The van der Waals surface area contributed by atoms with Crippen molar-refractivity contribution < 1.29 is 17.7 Å². The SMILES string of the molecule is Cc1ccc(CNc2ccc([N+](=O)[O-])cc2S(=O)(=O)N2CCCC2)cc1F. The molecule has 1 N–H and O–H groups in total. The first-order valence-corrected chi connectivity index (χ1v) is 10.0. The fraction of sp³-hybridized carbons (Fsp3) is 0.333. The number of aryl methyl sites for hydroxylation is 1. The zero-order valence-electron chi connectivity index (χ0n) is 14.8. The summed E-state index contributed by atoms with van der Waals surface area (Å²) in [4.78, 5) is 10.3. The predicted octanol–water partition coefficient (Wildman–Crippen LogP) is 3.44. The Morgan fingerprint density at radius 2 is 1.89 bits per heavy atom. The van der Waals surface area contributed by atoms with Gasteiger partial charge in [0, 0.05) is 31.8 Å². The van der Waals surface area contributed by atoms with Crippen molar-refractivity contribution in [3.8, 4) is 0 Å². The van der Waals surface area contributed by atoms with E-state index in [1.165, 1.54) is 22.5 Å². The normalized spacial score (nSPS) is 15.0. The van der Waals surface area contributed by atoms with Crippen LogP contribution in [0.4, 0.5) is 15.8 Å². The van der Waals surface area contributed by atoms with Gasteiger partial charge in [0.25, 0.3) is 5.69 Å². The molecule has 1 aliphatic rings. The molecule has 9 heteroatoms. The number of nitro groups is 1. The minimum Gasteiger partial charge on any atom is -0.380 e. The van der Waals surface area contributed by atoms with Gasteiger partial charge in [-0.2, -0.15) is 4.31 Å². The molecule has 0 radical (unpaired) electrons. The molecule has 3 rings (SSSR count). The average molecular weight is 393 g/mol. The molecule has 1 aliphatic heterocycles. The van der Waals surface area contributed by atoms with Gasteiger partial charge in [-0.3, -0.25) is 10.1 Å². The lowest BCUT2D eigenvalue weighted by Gasteiger charge is -2.19. The molecule has 0 atom stereocenters. The molecule has 2 aromatic rings. The maximum atomic E-state index is 13.7. The van der Waals surface area contributed by atoms with Crippen LogP contribution in [0.1, 0.15) is 24.0 Å². The van der Waals surface area contributed by atoms with Gasteiger partial charge in [0.1, 0.15) is 10.7 Å². The minimum absolute atomic E-state index is 0.133. The van der Waals surface area contributed by atoms with Crippen LogP contribution < -0.4 is 5.32 Å². The number of nitro benzene ring substituents is 1. The predicted molar refractivity (Wildman–Crippen MR) is 99.6 cm³/mol. The number of benzene rings is 2. The Morgan fingerprint density at radius 1 is 1.19 bits per heavy atom. The summed E-state index contributed by atoms with van der Waals surface area (Å²) in [7, 11) is -3.85. The summed E-state index contributed by atoms with van der Waals surface area (Å²) in [6.07, 6.45) is 1.53. The first-order chi connectivity index (χ1) is 12.8. The van der Waals surface area contributed by atoms with E-state index in [4.69, 9.17) is 0 Å². The third kappa shape index (κ3) is 4.09. The quantitative estimate of drug-likeness (QED) is 0.599. The smallest absolute Gasteiger partial charge is 0.270 e. The molecule has 0 aromatic heterocycles. The van der Waals surface area contributed by atoms with Gasteiger partial charge in [-0.1, -0.05) is 12.1 Å². The van der Waals surface area contributed by atoms with E-state index >= 15 is 0 Å². The maximum absolute atomic E-state index is 13.7. The second-order valence-electron chi connectivity index (χ2n) is 6.49. The lowest BCUT2D eigenvalue weighted by Crippen LogP contribution is -2.28. The number of anilines is 1. The van der Waals surface area contributed by atoms with Gasteiger partial charge in [-0.25, -0.2) is 12.8 Å². The molecular weight excluding hydrogens is 373 g/mol.